The summed E-state index contributed by atoms with van der Waals surface area (Å²) in [5.74, 6) is -0.108. The van der Waals surface area contributed by atoms with Crippen LogP contribution in [0.5, 0.6) is 0 Å². The lowest BCUT2D eigenvalue weighted by Crippen LogP contribution is -2.39. The standard InChI is InChI=1S/C13H20N4O2/c1-2-7-16-8-5-11(6-9-16)15-12-3-4-13(14-10-12)17(18)19/h3-4,10-11,15H,2,5-9H2,1H3. The van der Waals surface area contributed by atoms with Crippen LogP contribution in [0, 0.1) is 10.1 Å². The van der Waals surface area contributed by atoms with Crippen molar-refractivity contribution in [1.29, 1.82) is 0 Å². The maximum atomic E-state index is 10.5. The Hall–Kier alpha value is -1.69. The molecule has 1 fully saturated rings. The second kappa shape index (κ2) is 6.47. The van der Waals surface area contributed by atoms with Gasteiger partial charge in [-0.15, -0.1) is 0 Å². The molecule has 1 aliphatic heterocycles. The molecule has 1 aromatic heterocycles. The van der Waals surface area contributed by atoms with E-state index in [0.29, 0.717) is 6.04 Å². The average Bonchev–Trinajstić information content (AvgIpc) is 2.42. The fourth-order valence-corrected chi connectivity index (χ4v) is 2.43. The van der Waals surface area contributed by atoms with Gasteiger partial charge in [0.1, 0.15) is 0 Å². The number of nitro groups is 1. The van der Waals surface area contributed by atoms with Crippen LogP contribution in [-0.2, 0) is 0 Å². The van der Waals surface area contributed by atoms with Crippen LogP contribution in [0.3, 0.4) is 0 Å². The van der Waals surface area contributed by atoms with Gasteiger partial charge in [0.25, 0.3) is 0 Å². The minimum absolute atomic E-state index is 0.108. The second-order valence-corrected chi connectivity index (χ2v) is 4.92. The van der Waals surface area contributed by atoms with Gasteiger partial charge in [0.15, 0.2) is 6.20 Å². The summed E-state index contributed by atoms with van der Waals surface area (Å²) in [6.07, 6.45) is 4.95. The molecule has 0 amide bonds. The van der Waals surface area contributed by atoms with Crippen LogP contribution < -0.4 is 5.32 Å². The predicted molar refractivity (Wildman–Crippen MR) is 74.3 cm³/mol. The van der Waals surface area contributed by atoms with E-state index in [0.717, 1.165) is 31.6 Å². The Morgan fingerprint density at radius 1 is 1.47 bits per heavy atom. The van der Waals surface area contributed by atoms with Crippen LogP contribution in [0.4, 0.5) is 11.5 Å². The highest BCUT2D eigenvalue weighted by atomic mass is 16.6. The van der Waals surface area contributed by atoms with Crippen LogP contribution in [0.15, 0.2) is 18.3 Å². The number of pyridine rings is 1. The van der Waals surface area contributed by atoms with E-state index >= 15 is 0 Å². The van der Waals surface area contributed by atoms with Gasteiger partial charge in [-0.3, -0.25) is 0 Å². The Balaban J connectivity index is 1.83. The number of anilines is 1. The van der Waals surface area contributed by atoms with Crippen molar-refractivity contribution in [3.8, 4) is 0 Å². The summed E-state index contributed by atoms with van der Waals surface area (Å²) >= 11 is 0. The summed E-state index contributed by atoms with van der Waals surface area (Å²) in [6.45, 7) is 5.61. The van der Waals surface area contributed by atoms with Crippen molar-refractivity contribution < 1.29 is 4.92 Å². The van der Waals surface area contributed by atoms with Crippen LogP contribution in [0.2, 0.25) is 0 Å². The maximum Gasteiger partial charge on any atom is 0.363 e. The van der Waals surface area contributed by atoms with Crippen LogP contribution in [0.25, 0.3) is 0 Å². The van der Waals surface area contributed by atoms with E-state index < -0.39 is 4.92 Å². The summed E-state index contributed by atoms with van der Waals surface area (Å²) in [5, 5.41) is 13.9. The summed E-state index contributed by atoms with van der Waals surface area (Å²) in [7, 11) is 0. The number of rotatable bonds is 5. The van der Waals surface area contributed by atoms with Crippen molar-refractivity contribution in [2.45, 2.75) is 32.2 Å². The Labute approximate surface area is 113 Å². The summed E-state index contributed by atoms with van der Waals surface area (Å²) in [4.78, 5) is 16.3. The van der Waals surface area contributed by atoms with E-state index in [2.05, 4.69) is 22.1 Å². The molecule has 1 aliphatic rings. The topological polar surface area (TPSA) is 71.3 Å². The Morgan fingerprint density at radius 2 is 2.21 bits per heavy atom. The first-order valence-corrected chi connectivity index (χ1v) is 6.78. The molecule has 6 nitrogen and oxygen atoms in total. The third kappa shape index (κ3) is 3.89. The molecule has 1 N–H and O–H groups in total. The van der Waals surface area contributed by atoms with E-state index in [1.54, 1.807) is 6.07 Å². The molecular weight excluding hydrogens is 244 g/mol. The largest absolute Gasteiger partial charge is 0.379 e. The molecule has 2 rings (SSSR count). The molecule has 6 heteroatoms. The molecule has 19 heavy (non-hydrogen) atoms. The molecule has 0 radical (unpaired) electrons. The first-order chi connectivity index (χ1) is 9.19. The fourth-order valence-electron chi connectivity index (χ4n) is 2.43. The summed E-state index contributed by atoms with van der Waals surface area (Å²) in [5.41, 5.74) is 0.861. The number of aromatic nitrogens is 1. The normalized spacial score (nSPS) is 17.3. The van der Waals surface area contributed by atoms with Crippen molar-refractivity contribution in [3.63, 3.8) is 0 Å². The van der Waals surface area contributed by atoms with Crippen LogP contribution in [0.1, 0.15) is 26.2 Å². The number of hydrogen-bond donors (Lipinski definition) is 1. The minimum Gasteiger partial charge on any atom is -0.379 e. The number of nitrogens with zero attached hydrogens (tertiary/aromatic N) is 3. The molecule has 1 aromatic rings. The highest BCUT2D eigenvalue weighted by molar-refractivity contribution is 5.44. The molecule has 0 bridgehead atoms. The van der Waals surface area contributed by atoms with Gasteiger partial charge >= 0.3 is 5.82 Å². The zero-order chi connectivity index (χ0) is 13.7. The quantitative estimate of drug-likeness (QED) is 0.652. The summed E-state index contributed by atoms with van der Waals surface area (Å²) in [6, 6.07) is 3.61. The monoisotopic (exact) mass is 264 g/mol. The highest BCUT2D eigenvalue weighted by Crippen LogP contribution is 2.17. The Morgan fingerprint density at radius 3 is 2.74 bits per heavy atom. The minimum atomic E-state index is -0.479. The number of piperidine rings is 1. The predicted octanol–water partition coefficient (Wildman–Crippen LogP) is 2.28. The van der Waals surface area contributed by atoms with E-state index in [1.165, 1.54) is 25.2 Å². The molecule has 0 saturated carbocycles. The number of hydrogen-bond acceptors (Lipinski definition) is 5. The summed E-state index contributed by atoms with van der Waals surface area (Å²) < 4.78 is 0. The van der Waals surface area contributed by atoms with Crippen molar-refractivity contribution in [2.24, 2.45) is 0 Å². The Bertz CT molecular complexity index is 413. The second-order valence-electron chi connectivity index (χ2n) is 4.92. The molecule has 2 heterocycles. The van der Waals surface area contributed by atoms with E-state index in [9.17, 15) is 10.1 Å². The first-order valence-electron chi connectivity index (χ1n) is 6.78. The molecule has 0 unspecified atom stereocenters. The first kappa shape index (κ1) is 13.7. The number of likely N-dealkylation sites (tertiary alicyclic amines) is 1. The van der Waals surface area contributed by atoms with E-state index in [1.807, 2.05) is 0 Å². The van der Waals surface area contributed by atoms with E-state index in [4.69, 9.17) is 0 Å². The van der Waals surface area contributed by atoms with Crippen LogP contribution >= 0.6 is 0 Å². The van der Waals surface area contributed by atoms with Gasteiger partial charge in [-0.05, 0) is 41.8 Å². The van der Waals surface area contributed by atoms with Gasteiger partial charge in [0.2, 0.25) is 0 Å². The highest BCUT2D eigenvalue weighted by Gasteiger charge is 2.18. The zero-order valence-corrected chi connectivity index (χ0v) is 11.2. The Kier molecular flexibility index (Phi) is 4.68. The molecule has 0 spiro atoms. The van der Waals surface area contributed by atoms with Crippen molar-refractivity contribution in [3.05, 3.63) is 28.4 Å². The van der Waals surface area contributed by atoms with Gasteiger partial charge in [-0.25, -0.2) is 0 Å². The lowest BCUT2D eigenvalue weighted by Gasteiger charge is -2.32. The van der Waals surface area contributed by atoms with Gasteiger partial charge in [-0.1, -0.05) is 6.92 Å². The van der Waals surface area contributed by atoms with Crippen LogP contribution in [-0.4, -0.2) is 40.5 Å². The van der Waals surface area contributed by atoms with Crippen molar-refractivity contribution >= 4 is 11.5 Å². The van der Waals surface area contributed by atoms with Crippen molar-refractivity contribution in [2.75, 3.05) is 25.0 Å². The SMILES string of the molecule is CCCN1CCC(Nc2ccc([N+](=O)[O-])nc2)CC1. The van der Waals surface area contributed by atoms with Gasteiger partial charge in [0.05, 0.1) is 5.69 Å². The molecular formula is C13H20N4O2. The molecule has 0 atom stereocenters. The average molecular weight is 264 g/mol. The van der Waals surface area contributed by atoms with E-state index in [-0.39, 0.29) is 5.82 Å². The smallest absolute Gasteiger partial charge is 0.363 e. The number of nitrogens with one attached hydrogen (secondary N) is 1. The van der Waals surface area contributed by atoms with Gasteiger partial charge < -0.3 is 20.3 Å². The molecule has 1 saturated heterocycles. The third-order valence-corrected chi connectivity index (χ3v) is 3.43. The van der Waals surface area contributed by atoms with Gasteiger partial charge in [0, 0.05) is 25.2 Å². The zero-order valence-electron chi connectivity index (χ0n) is 11.2. The molecule has 0 aromatic carbocycles. The van der Waals surface area contributed by atoms with Crippen molar-refractivity contribution in [1.82, 2.24) is 9.88 Å². The lowest BCUT2D eigenvalue weighted by atomic mass is 10.0. The molecule has 0 aliphatic carbocycles. The lowest BCUT2D eigenvalue weighted by molar-refractivity contribution is -0.389. The third-order valence-electron chi connectivity index (χ3n) is 3.43. The maximum absolute atomic E-state index is 10.5. The fraction of sp³-hybridized carbons (Fsp3) is 0.615. The molecule has 104 valence electrons. The van der Waals surface area contributed by atoms with Gasteiger partial charge in [-0.2, -0.15) is 0 Å².